The Labute approximate surface area is 177 Å². The second-order valence-electron chi connectivity index (χ2n) is 3.25. The van der Waals surface area contributed by atoms with Crippen molar-refractivity contribution < 1.29 is 99.6 Å². The van der Waals surface area contributed by atoms with Gasteiger partial charge in [-0.25, -0.2) is 0 Å². The van der Waals surface area contributed by atoms with E-state index in [9.17, 15) is 9.46 Å². The molecule has 0 saturated heterocycles. The van der Waals surface area contributed by atoms with Gasteiger partial charge in [0.15, 0.2) is 0 Å². The Balaban J connectivity index is -0.0000000640. The van der Waals surface area contributed by atoms with E-state index in [4.69, 9.17) is 0 Å². The minimum atomic E-state index is -3.40. The fourth-order valence-corrected chi connectivity index (χ4v) is 2.86. The van der Waals surface area contributed by atoms with Crippen LogP contribution in [0.15, 0.2) is 60.7 Å². The summed E-state index contributed by atoms with van der Waals surface area (Å²) in [5.74, 6) is 0. The van der Waals surface area contributed by atoms with Crippen molar-refractivity contribution >= 4 is 18.0 Å². The van der Waals surface area contributed by atoms with E-state index in [0.717, 1.165) is 0 Å². The van der Waals surface area contributed by atoms with E-state index in [1.54, 1.807) is 48.5 Å². The summed E-state index contributed by atoms with van der Waals surface area (Å²) in [6.45, 7) is 0. The molecule has 0 amide bonds. The van der Waals surface area contributed by atoms with Gasteiger partial charge in [0, 0.05) is 78.9 Å². The molecule has 0 bridgehead atoms. The predicted molar refractivity (Wildman–Crippen MR) is 76.4 cm³/mol. The first-order valence-corrected chi connectivity index (χ1v) is 6.31. The van der Waals surface area contributed by atoms with E-state index in [-0.39, 0.29) is 90.2 Å². The normalized spacial score (nSPS) is 7.35. The summed E-state index contributed by atoms with van der Waals surface area (Å²) in [7, 11) is -3.40. The molecule has 9 N–H and O–H groups in total. The van der Waals surface area contributed by atoms with E-state index in [1.165, 1.54) is 0 Å². The molecule has 11 heteroatoms. The van der Waals surface area contributed by atoms with Crippen LogP contribution in [0.5, 0.6) is 0 Å². The topological polar surface area (TPSA) is 163 Å². The van der Waals surface area contributed by atoms with Gasteiger partial charge >= 0.3 is 0 Å². The van der Waals surface area contributed by atoms with Crippen molar-refractivity contribution in [2.45, 2.75) is 0 Å². The van der Waals surface area contributed by atoms with Crippen LogP contribution >= 0.6 is 7.37 Å². The van der Waals surface area contributed by atoms with Gasteiger partial charge in [0.1, 0.15) is 0 Å². The van der Waals surface area contributed by atoms with Crippen LogP contribution in [-0.2, 0) is 72.8 Å². The molecule has 0 aliphatic rings. The Hall–Kier alpha value is 0.548. The van der Waals surface area contributed by atoms with E-state index in [2.05, 4.69) is 0 Å². The maximum absolute atomic E-state index is 12.2. The van der Waals surface area contributed by atoms with Crippen molar-refractivity contribution in [1.82, 2.24) is 0 Å². The second kappa shape index (κ2) is 20.6. The van der Waals surface area contributed by atoms with Crippen molar-refractivity contribution in [3.05, 3.63) is 60.7 Å². The summed E-state index contributed by atoms with van der Waals surface area (Å²) in [5, 5.41) is 0.937. The smallest absolute Gasteiger partial charge is 0.258 e. The Morgan fingerprint density at radius 2 is 0.783 bits per heavy atom. The zero-order valence-electron chi connectivity index (χ0n) is 11.6. The van der Waals surface area contributed by atoms with Gasteiger partial charge in [0.2, 0.25) is 0 Å². The Bertz CT molecular complexity index is 460. The van der Waals surface area contributed by atoms with Gasteiger partial charge in [-0.05, 0) is 24.3 Å². The molecule has 2 aromatic carbocycles. The van der Waals surface area contributed by atoms with Crippen molar-refractivity contribution in [2.24, 2.45) is 0 Å². The van der Waals surface area contributed by atoms with Crippen molar-refractivity contribution in [3.63, 3.8) is 0 Å². The number of benzene rings is 2. The molecule has 0 heterocycles. The third-order valence-electron chi connectivity index (χ3n) is 2.21. The summed E-state index contributed by atoms with van der Waals surface area (Å²) in [5.41, 5.74) is 0. The van der Waals surface area contributed by atoms with E-state index in [0.29, 0.717) is 10.6 Å². The van der Waals surface area contributed by atoms with Gasteiger partial charge in [0.05, 0.1) is 0 Å². The first-order valence-electron chi connectivity index (χ1n) is 4.65. The average molecular weight is 510 g/mol. The van der Waals surface area contributed by atoms with Crippen LogP contribution < -0.4 is 10.6 Å². The zero-order chi connectivity index (χ0) is 10.7. The van der Waals surface area contributed by atoms with Crippen molar-refractivity contribution in [3.8, 4) is 0 Å². The molecular weight excluding hydrogens is 491 g/mol. The average Bonchev–Trinajstić information content (AvgIpc) is 2.31. The third kappa shape index (κ3) is 11.7. The molecule has 2 rings (SSSR count). The van der Waals surface area contributed by atoms with E-state index < -0.39 is 7.37 Å². The molecule has 23 heavy (non-hydrogen) atoms. The third-order valence-corrected chi connectivity index (χ3v) is 4.21. The van der Waals surface area contributed by atoms with Gasteiger partial charge in [-0.3, -0.25) is 4.57 Å². The molecule has 0 aromatic heterocycles. The molecule has 0 unspecified atom stereocenters. The molecular formula is C12H19Mn4O6P. The molecule has 4 radical (unpaired) electrons. The molecule has 6 nitrogen and oxygen atoms in total. The van der Waals surface area contributed by atoms with Crippen LogP contribution in [0.1, 0.15) is 0 Å². The largest absolute Gasteiger partial charge is 0.412 e. The Morgan fingerprint density at radius 1 is 0.565 bits per heavy atom. The van der Waals surface area contributed by atoms with Gasteiger partial charge in [0.25, 0.3) is 7.37 Å². The first-order chi connectivity index (χ1) is 7.21. The molecule has 0 aliphatic carbocycles. The minimum absolute atomic E-state index is 0. The van der Waals surface area contributed by atoms with Gasteiger partial charge in [-0.2, -0.15) is 0 Å². The molecule has 0 saturated carbocycles. The van der Waals surface area contributed by atoms with Gasteiger partial charge in [-0.15, -0.1) is 0 Å². The SMILES string of the molecule is O.O.O.O.O=P(O)(c1ccccc1)c1ccccc1.[Mn].[Mn].[Mn].[Mn]. The number of hydrogen-bond donors (Lipinski definition) is 1. The fraction of sp³-hybridized carbons (Fsp3) is 0. The number of hydrogen-bond acceptors (Lipinski definition) is 1. The zero-order valence-corrected chi connectivity index (χ0v) is 17.2. The van der Waals surface area contributed by atoms with Crippen LogP contribution in [0.2, 0.25) is 0 Å². The standard InChI is InChI=1S/C12H11O2P.4Mn.4H2O/c13-15(14,11-7-3-1-4-8-11)12-9-5-2-6-10-12;;;;;;;;/h1-10H,(H,13,14);;;;;4*1H2. The maximum atomic E-state index is 12.2. The predicted octanol–water partition coefficient (Wildman–Crippen LogP) is -1.40. The van der Waals surface area contributed by atoms with E-state index >= 15 is 0 Å². The molecule has 0 atom stereocenters. The summed E-state index contributed by atoms with van der Waals surface area (Å²) in [6, 6.07) is 17.4. The second-order valence-corrected chi connectivity index (χ2v) is 5.43. The molecule has 0 aliphatic heterocycles. The minimum Gasteiger partial charge on any atom is -0.412 e. The van der Waals surface area contributed by atoms with Crippen molar-refractivity contribution in [1.29, 1.82) is 0 Å². The monoisotopic (exact) mass is 510 g/mol. The first kappa shape index (κ1) is 43.7. The fourth-order valence-electron chi connectivity index (χ4n) is 1.41. The molecule has 136 valence electrons. The Kier molecular flexibility index (Phi) is 39.1. The Morgan fingerprint density at radius 3 is 1.00 bits per heavy atom. The quantitative estimate of drug-likeness (QED) is 0.389. The summed E-state index contributed by atoms with van der Waals surface area (Å²) in [6.07, 6.45) is 0. The van der Waals surface area contributed by atoms with Crippen molar-refractivity contribution in [2.75, 3.05) is 0 Å². The van der Waals surface area contributed by atoms with Gasteiger partial charge in [-0.1, -0.05) is 36.4 Å². The molecule has 2 aromatic rings. The van der Waals surface area contributed by atoms with Gasteiger partial charge < -0.3 is 26.8 Å². The molecule has 0 spiro atoms. The summed E-state index contributed by atoms with van der Waals surface area (Å²) in [4.78, 5) is 10.0. The maximum Gasteiger partial charge on any atom is 0.258 e. The van der Waals surface area contributed by atoms with Crippen LogP contribution in [0.4, 0.5) is 0 Å². The van der Waals surface area contributed by atoms with Crippen LogP contribution in [0.3, 0.4) is 0 Å². The van der Waals surface area contributed by atoms with Crippen LogP contribution in [-0.4, -0.2) is 26.8 Å². The van der Waals surface area contributed by atoms with E-state index in [1.807, 2.05) is 12.1 Å². The van der Waals surface area contributed by atoms with Crippen LogP contribution in [0.25, 0.3) is 0 Å². The molecule has 0 fully saturated rings. The summed E-state index contributed by atoms with van der Waals surface area (Å²) < 4.78 is 12.2. The number of rotatable bonds is 2. The summed E-state index contributed by atoms with van der Waals surface area (Å²) >= 11 is 0. The van der Waals surface area contributed by atoms with Crippen LogP contribution in [0, 0.1) is 0 Å².